The summed E-state index contributed by atoms with van der Waals surface area (Å²) in [5.74, 6) is -0.491. The highest BCUT2D eigenvalue weighted by atomic mass is 16.5. The number of amides is 1. The minimum Gasteiger partial charge on any atom is -0.503 e. The van der Waals surface area contributed by atoms with E-state index in [4.69, 9.17) is 13.9 Å². The average molecular weight is 465 g/mol. The first kappa shape index (κ1) is 23.4. The van der Waals surface area contributed by atoms with Gasteiger partial charge in [0, 0.05) is 11.9 Å². The van der Waals surface area contributed by atoms with Crippen molar-refractivity contribution in [3.63, 3.8) is 0 Å². The summed E-state index contributed by atoms with van der Waals surface area (Å²) in [5.41, 5.74) is 1.12. The van der Waals surface area contributed by atoms with Crippen LogP contribution in [0.3, 0.4) is 0 Å². The van der Waals surface area contributed by atoms with Gasteiger partial charge < -0.3 is 28.8 Å². The van der Waals surface area contributed by atoms with Gasteiger partial charge in [-0.05, 0) is 56.9 Å². The number of Topliss-reactive ketones (excluding diaryl/α,β-unsaturated/α-hetero) is 1. The third kappa shape index (κ3) is 4.24. The maximum Gasteiger partial charge on any atom is 0.290 e. The van der Waals surface area contributed by atoms with Crippen molar-refractivity contribution in [1.29, 1.82) is 0 Å². The second-order valence-electron chi connectivity index (χ2n) is 8.41. The average Bonchev–Trinajstić information content (AvgIpc) is 3.38. The Balaban J connectivity index is 1.76. The molecule has 0 saturated heterocycles. The maximum atomic E-state index is 13.6. The summed E-state index contributed by atoms with van der Waals surface area (Å²) in [7, 11) is 6.99. The van der Waals surface area contributed by atoms with E-state index in [2.05, 4.69) is 0 Å². The molecule has 8 nitrogen and oxygen atoms in total. The highest BCUT2D eigenvalue weighted by molar-refractivity contribution is 6.16. The Kier molecular flexibility index (Phi) is 6.61. The van der Waals surface area contributed by atoms with Crippen molar-refractivity contribution in [2.24, 2.45) is 0 Å². The van der Waals surface area contributed by atoms with Crippen molar-refractivity contribution in [3.8, 4) is 11.5 Å². The smallest absolute Gasteiger partial charge is 0.290 e. The maximum absolute atomic E-state index is 13.6. The number of furan rings is 1. The van der Waals surface area contributed by atoms with E-state index in [1.165, 1.54) is 12.0 Å². The molecule has 2 heterocycles. The number of hydrogen-bond donors (Lipinski definition) is 1. The van der Waals surface area contributed by atoms with Crippen LogP contribution >= 0.6 is 0 Å². The van der Waals surface area contributed by atoms with Gasteiger partial charge in [-0.2, -0.15) is 0 Å². The van der Waals surface area contributed by atoms with Gasteiger partial charge in [-0.25, -0.2) is 0 Å². The highest BCUT2D eigenvalue weighted by Gasteiger charge is 2.44. The zero-order valence-electron chi connectivity index (χ0n) is 19.7. The zero-order chi connectivity index (χ0) is 24.4. The lowest BCUT2D eigenvalue weighted by Gasteiger charge is -2.27. The van der Waals surface area contributed by atoms with Gasteiger partial charge >= 0.3 is 0 Å². The van der Waals surface area contributed by atoms with Crippen LogP contribution < -0.4 is 9.47 Å². The standard InChI is InChI=1S/C26H28N2O6/c1-27(2)13-6-14-28-22(16-9-11-18(32-3)12-10-16)21(24(30)26(28)31)23(29)20-15-17-7-5-8-19(33-4)25(17)34-20/h5,7-12,15,22,30H,6,13-14H2,1-4H3/t22-/m0/s1. The van der Waals surface area contributed by atoms with Crippen LogP contribution in [0.25, 0.3) is 11.0 Å². The second-order valence-corrected chi connectivity index (χ2v) is 8.41. The van der Waals surface area contributed by atoms with E-state index in [-0.39, 0.29) is 11.3 Å². The molecule has 0 aliphatic carbocycles. The normalized spacial score (nSPS) is 16.1. The van der Waals surface area contributed by atoms with Gasteiger partial charge in [0.05, 0.1) is 25.8 Å². The molecule has 0 bridgehead atoms. The number of nitrogens with zero attached hydrogens (tertiary/aromatic N) is 2. The molecule has 1 N–H and O–H groups in total. The molecule has 0 spiro atoms. The first-order valence-corrected chi connectivity index (χ1v) is 11.0. The van der Waals surface area contributed by atoms with Gasteiger partial charge in [-0.3, -0.25) is 9.59 Å². The lowest BCUT2D eigenvalue weighted by molar-refractivity contribution is -0.129. The van der Waals surface area contributed by atoms with Crippen LogP contribution in [-0.2, 0) is 4.79 Å². The van der Waals surface area contributed by atoms with Crippen LogP contribution in [0.15, 0.2) is 64.3 Å². The van der Waals surface area contributed by atoms with Crippen LogP contribution in [0.4, 0.5) is 0 Å². The summed E-state index contributed by atoms with van der Waals surface area (Å²) in [6, 6.07) is 13.3. The van der Waals surface area contributed by atoms with E-state index >= 15 is 0 Å². The number of fused-ring (bicyclic) bond motifs is 1. The number of carbonyl (C=O) groups excluding carboxylic acids is 2. The summed E-state index contributed by atoms with van der Waals surface area (Å²) in [6.45, 7) is 1.13. The molecule has 1 aliphatic heterocycles. The Morgan fingerprint density at radius 2 is 1.85 bits per heavy atom. The Bertz CT molecular complexity index is 1240. The fraction of sp³-hybridized carbons (Fsp3) is 0.308. The van der Waals surface area contributed by atoms with E-state index in [0.717, 1.165) is 6.54 Å². The molecule has 1 amide bonds. The van der Waals surface area contributed by atoms with Crippen LogP contribution in [0, 0.1) is 0 Å². The SMILES string of the molecule is COc1ccc([C@H]2C(C(=O)c3cc4cccc(OC)c4o3)=C(O)C(=O)N2CCCN(C)C)cc1. The van der Waals surface area contributed by atoms with E-state index in [1.807, 2.05) is 19.0 Å². The molecule has 178 valence electrons. The summed E-state index contributed by atoms with van der Waals surface area (Å²) in [6.07, 6.45) is 0.683. The van der Waals surface area contributed by atoms with Gasteiger partial charge in [0.15, 0.2) is 22.9 Å². The largest absolute Gasteiger partial charge is 0.503 e. The molecule has 0 saturated carbocycles. The Morgan fingerprint density at radius 1 is 1.12 bits per heavy atom. The van der Waals surface area contributed by atoms with E-state index in [9.17, 15) is 14.7 Å². The minimum absolute atomic E-state index is 0.00181. The fourth-order valence-corrected chi connectivity index (χ4v) is 4.25. The molecule has 0 unspecified atom stereocenters. The Morgan fingerprint density at radius 3 is 2.50 bits per heavy atom. The molecule has 0 fully saturated rings. The van der Waals surface area contributed by atoms with Crippen molar-refractivity contribution < 1.29 is 28.6 Å². The summed E-state index contributed by atoms with van der Waals surface area (Å²) in [5, 5.41) is 11.5. The van der Waals surface area contributed by atoms with Crippen molar-refractivity contribution in [3.05, 3.63) is 71.2 Å². The van der Waals surface area contributed by atoms with E-state index in [1.54, 1.807) is 55.6 Å². The number of carbonyl (C=O) groups is 2. The van der Waals surface area contributed by atoms with Gasteiger partial charge in [-0.1, -0.05) is 24.3 Å². The molecular weight excluding hydrogens is 436 g/mol. The summed E-state index contributed by atoms with van der Waals surface area (Å²) >= 11 is 0. The lowest BCUT2D eigenvalue weighted by atomic mass is 9.95. The van der Waals surface area contributed by atoms with E-state index < -0.39 is 23.5 Å². The van der Waals surface area contributed by atoms with Crippen LogP contribution in [0.5, 0.6) is 11.5 Å². The molecule has 1 aromatic heterocycles. The van der Waals surface area contributed by atoms with Crippen molar-refractivity contribution in [1.82, 2.24) is 9.80 Å². The zero-order valence-corrected chi connectivity index (χ0v) is 19.7. The molecule has 8 heteroatoms. The molecule has 34 heavy (non-hydrogen) atoms. The van der Waals surface area contributed by atoms with Crippen molar-refractivity contribution >= 4 is 22.7 Å². The number of hydrogen-bond acceptors (Lipinski definition) is 7. The molecule has 2 aromatic carbocycles. The molecule has 1 aliphatic rings. The summed E-state index contributed by atoms with van der Waals surface area (Å²) in [4.78, 5) is 30.3. The first-order chi connectivity index (χ1) is 16.3. The van der Waals surface area contributed by atoms with Gasteiger partial charge in [0.2, 0.25) is 5.78 Å². The predicted octanol–water partition coefficient (Wildman–Crippen LogP) is 3.98. The molecule has 3 aromatic rings. The third-order valence-electron chi connectivity index (χ3n) is 5.94. The van der Waals surface area contributed by atoms with Crippen LogP contribution in [0.1, 0.15) is 28.6 Å². The van der Waals surface area contributed by atoms with Gasteiger partial charge in [0.25, 0.3) is 5.91 Å². The lowest BCUT2D eigenvalue weighted by Crippen LogP contribution is -2.33. The molecular formula is C26H28N2O6. The molecule has 4 rings (SSSR count). The Labute approximate surface area is 198 Å². The quantitative estimate of drug-likeness (QED) is 0.479. The number of rotatable bonds is 9. The molecule has 0 radical (unpaired) electrons. The van der Waals surface area contributed by atoms with Gasteiger partial charge in [-0.15, -0.1) is 0 Å². The van der Waals surface area contributed by atoms with Crippen LogP contribution in [-0.4, -0.2) is 68.0 Å². The minimum atomic E-state index is -0.747. The second kappa shape index (κ2) is 9.61. The first-order valence-electron chi connectivity index (χ1n) is 11.0. The Hall–Kier alpha value is -3.78. The van der Waals surface area contributed by atoms with Crippen molar-refractivity contribution in [2.45, 2.75) is 12.5 Å². The number of aliphatic hydroxyl groups is 1. The summed E-state index contributed by atoms with van der Waals surface area (Å²) < 4.78 is 16.4. The van der Waals surface area contributed by atoms with Crippen molar-refractivity contribution in [2.75, 3.05) is 41.4 Å². The third-order valence-corrected chi connectivity index (χ3v) is 5.94. The number of ether oxygens (including phenoxy) is 2. The van der Waals surface area contributed by atoms with Crippen LogP contribution in [0.2, 0.25) is 0 Å². The number of para-hydroxylation sites is 1. The predicted molar refractivity (Wildman–Crippen MR) is 127 cm³/mol. The van der Waals surface area contributed by atoms with Gasteiger partial charge in [0.1, 0.15) is 5.75 Å². The van der Waals surface area contributed by atoms with E-state index in [0.29, 0.717) is 41.0 Å². The monoisotopic (exact) mass is 464 g/mol. The number of ketones is 1. The fourth-order valence-electron chi connectivity index (χ4n) is 4.25. The number of benzene rings is 2. The highest BCUT2D eigenvalue weighted by Crippen LogP contribution is 2.40. The topological polar surface area (TPSA) is 92.4 Å². The number of methoxy groups -OCH3 is 2. The molecule has 1 atom stereocenters. The number of aliphatic hydroxyl groups excluding tert-OH is 1.